The molecule has 0 saturated carbocycles. The Hall–Kier alpha value is -1.95. The summed E-state index contributed by atoms with van der Waals surface area (Å²) in [5, 5.41) is 12.2. The zero-order chi connectivity index (χ0) is 13.3. The van der Waals surface area contributed by atoms with Gasteiger partial charge >= 0.3 is 0 Å². The fourth-order valence-electron chi connectivity index (χ4n) is 2.69. The molecule has 3 rings (SSSR count). The van der Waals surface area contributed by atoms with Gasteiger partial charge in [0.2, 0.25) is 0 Å². The van der Waals surface area contributed by atoms with Gasteiger partial charge in [-0.2, -0.15) is 4.80 Å². The van der Waals surface area contributed by atoms with E-state index in [-0.39, 0.29) is 5.41 Å². The van der Waals surface area contributed by atoms with Gasteiger partial charge in [-0.25, -0.2) is 0 Å². The van der Waals surface area contributed by atoms with Crippen LogP contribution in [0.1, 0.15) is 17.8 Å². The fourth-order valence-corrected chi connectivity index (χ4v) is 2.69. The van der Waals surface area contributed by atoms with Crippen molar-refractivity contribution in [2.75, 3.05) is 13.2 Å². The van der Waals surface area contributed by atoms with Gasteiger partial charge in [0, 0.05) is 23.9 Å². The van der Waals surface area contributed by atoms with Crippen LogP contribution in [0.5, 0.6) is 5.75 Å². The predicted molar refractivity (Wildman–Crippen MR) is 69.8 cm³/mol. The Morgan fingerprint density at radius 3 is 3.00 bits per heavy atom. The summed E-state index contributed by atoms with van der Waals surface area (Å²) in [7, 11) is 1.77. The molecule has 6 heteroatoms. The van der Waals surface area contributed by atoms with Crippen LogP contribution in [0.3, 0.4) is 0 Å². The van der Waals surface area contributed by atoms with Crippen LogP contribution in [0, 0.1) is 0 Å². The van der Waals surface area contributed by atoms with Gasteiger partial charge in [-0.3, -0.25) is 0 Å². The molecule has 1 aliphatic rings. The molecule has 1 aliphatic heterocycles. The van der Waals surface area contributed by atoms with Crippen molar-refractivity contribution < 1.29 is 4.74 Å². The van der Waals surface area contributed by atoms with E-state index < -0.39 is 0 Å². The number of benzene rings is 1. The van der Waals surface area contributed by atoms with Crippen LogP contribution in [0.15, 0.2) is 24.3 Å². The molecule has 6 nitrogen and oxygen atoms in total. The van der Waals surface area contributed by atoms with Crippen molar-refractivity contribution in [1.29, 1.82) is 0 Å². The molecule has 0 radical (unpaired) electrons. The molecular formula is C13H17N5O. The Morgan fingerprint density at radius 2 is 2.26 bits per heavy atom. The second-order valence-electron chi connectivity index (χ2n) is 4.95. The molecule has 1 aromatic carbocycles. The highest BCUT2D eigenvalue weighted by Gasteiger charge is 2.37. The van der Waals surface area contributed by atoms with Crippen LogP contribution < -0.4 is 10.5 Å². The number of aryl methyl sites for hydroxylation is 1. The van der Waals surface area contributed by atoms with Gasteiger partial charge in [-0.05, 0) is 17.7 Å². The first-order chi connectivity index (χ1) is 9.23. The quantitative estimate of drug-likeness (QED) is 0.865. The largest absolute Gasteiger partial charge is 0.493 e. The van der Waals surface area contributed by atoms with E-state index in [0.29, 0.717) is 19.6 Å². The lowest BCUT2D eigenvalue weighted by Crippen LogP contribution is -2.42. The molecule has 0 amide bonds. The van der Waals surface area contributed by atoms with Crippen LogP contribution in [0.4, 0.5) is 0 Å². The first-order valence-electron chi connectivity index (χ1n) is 6.39. The number of aromatic nitrogens is 4. The minimum atomic E-state index is -0.155. The van der Waals surface area contributed by atoms with Crippen LogP contribution >= 0.6 is 0 Å². The predicted octanol–water partition coefficient (Wildman–Crippen LogP) is 0.432. The van der Waals surface area contributed by atoms with E-state index in [1.54, 1.807) is 7.05 Å². The summed E-state index contributed by atoms with van der Waals surface area (Å²) in [5.41, 5.74) is 7.06. The molecule has 0 fully saturated rings. The molecule has 2 N–H and O–H groups in total. The summed E-state index contributed by atoms with van der Waals surface area (Å²) in [6.07, 6.45) is 1.57. The topological polar surface area (TPSA) is 78.9 Å². The number of nitrogens with two attached hydrogens (primary N) is 1. The van der Waals surface area contributed by atoms with E-state index in [1.807, 2.05) is 18.2 Å². The van der Waals surface area contributed by atoms with Crippen LogP contribution in [-0.4, -0.2) is 33.4 Å². The summed E-state index contributed by atoms with van der Waals surface area (Å²) in [4.78, 5) is 1.48. The lowest BCUT2D eigenvalue weighted by atomic mass is 9.73. The highest BCUT2D eigenvalue weighted by atomic mass is 16.5. The van der Waals surface area contributed by atoms with Crippen molar-refractivity contribution in [1.82, 2.24) is 20.2 Å². The average molecular weight is 259 g/mol. The third-order valence-corrected chi connectivity index (χ3v) is 3.73. The van der Waals surface area contributed by atoms with Crippen molar-refractivity contribution in [3.63, 3.8) is 0 Å². The lowest BCUT2D eigenvalue weighted by Gasteiger charge is -2.37. The minimum absolute atomic E-state index is 0.155. The van der Waals surface area contributed by atoms with Crippen molar-refractivity contribution in [3.05, 3.63) is 35.7 Å². The zero-order valence-corrected chi connectivity index (χ0v) is 10.9. The maximum atomic E-state index is 6.07. The van der Waals surface area contributed by atoms with Gasteiger partial charge < -0.3 is 10.5 Å². The third kappa shape index (κ3) is 2.08. The van der Waals surface area contributed by atoms with E-state index in [4.69, 9.17) is 10.5 Å². The van der Waals surface area contributed by atoms with E-state index in [9.17, 15) is 0 Å². The van der Waals surface area contributed by atoms with Crippen LogP contribution in [0.2, 0.25) is 0 Å². The Morgan fingerprint density at radius 1 is 1.42 bits per heavy atom. The Kier molecular flexibility index (Phi) is 2.94. The zero-order valence-electron chi connectivity index (χ0n) is 10.9. The van der Waals surface area contributed by atoms with Gasteiger partial charge in [0.15, 0.2) is 5.82 Å². The number of rotatable bonds is 3. The molecule has 0 bridgehead atoms. The monoisotopic (exact) mass is 259 g/mol. The van der Waals surface area contributed by atoms with Crippen molar-refractivity contribution in [3.8, 4) is 5.75 Å². The SMILES string of the molecule is Cn1nnc(CC2(CN)CCOc3ccccc32)n1. The number of para-hydroxylation sites is 1. The van der Waals surface area contributed by atoms with Gasteiger partial charge in [0.05, 0.1) is 13.7 Å². The van der Waals surface area contributed by atoms with E-state index >= 15 is 0 Å². The number of ether oxygens (including phenoxy) is 1. The Bertz CT molecular complexity index is 582. The van der Waals surface area contributed by atoms with Crippen molar-refractivity contribution in [2.45, 2.75) is 18.3 Å². The molecule has 1 atom stereocenters. The molecule has 2 heterocycles. The van der Waals surface area contributed by atoms with E-state index in [0.717, 1.165) is 23.6 Å². The van der Waals surface area contributed by atoms with Crippen LogP contribution in [-0.2, 0) is 18.9 Å². The van der Waals surface area contributed by atoms with Gasteiger partial charge in [-0.1, -0.05) is 18.2 Å². The number of hydrogen-bond donors (Lipinski definition) is 1. The van der Waals surface area contributed by atoms with Gasteiger partial charge in [0.1, 0.15) is 5.75 Å². The average Bonchev–Trinajstić information content (AvgIpc) is 2.84. The maximum absolute atomic E-state index is 6.07. The fraction of sp³-hybridized carbons (Fsp3) is 0.462. The number of fused-ring (bicyclic) bond motifs is 1. The smallest absolute Gasteiger partial charge is 0.175 e. The highest BCUT2D eigenvalue weighted by molar-refractivity contribution is 5.42. The molecule has 100 valence electrons. The summed E-state index contributed by atoms with van der Waals surface area (Å²) in [6, 6.07) is 8.06. The van der Waals surface area contributed by atoms with E-state index in [2.05, 4.69) is 21.5 Å². The molecule has 2 aromatic rings. The number of tetrazole rings is 1. The first-order valence-corrected chi connectivity index (χ1v) is 6.39. The summed E-state index contributed by atoms with van der Waals surface area (Å²) in [6.45, 7) is 1.22. The first kappa shape index (κ1) is 12.1. The molecule has 0 saturated heterocycles. The molecular weight excluding hydrogens is 242 g/mol. The summed E-state index contributed by atoms with van der Waals surface area (Å²) < 4.78 is 5.71. The number of nitrogens with zero attached hydrogens (tertiary/aromatic N) is 4. The lowest BCUT2D eigenvalue weighted by molar-refractivity contribution is 0.214. The Balaban J connectivity index is 2.00. The molecule has 1 unspecified atom stereocenters. The summed E-state index contributed by atoms with van der Waals surface area (Å²) >= 11 is 0. The molecule has 1 aromatic heterocycles. The third-order valence-electron chi connectivity index (χ3n) is 3.73. The minimum Gasteiger partial charge on any atom is -0.493 e. The highest BCUT2D eigenvalue weighted by Crippen LogP contribution is 2.39. The Labute approximate surface area is 111 Å². The normalized spacial score (nSPS) is 21.8. The summed E-state index contributed by atoms with van der Waals surface area (Å²) in [5.74, 6) is 1.65. The van der Waals surface area contributed by atoms with Crippen molar-refractivity contribution in [2.24, 2.45) is 12.8 Å². The molecule has 0 spiro atoms. The molecule has 0 aliphatic carbocycles. The van der Waals surface area contributed by atoms with Crippen LogP contribution in [0.25, 0.3) is 0 Å². The van der Waals surface area contributed by atoms with Crippen molar-refractivity contribution >= 4 is 0 Å². The second-order valence-corrected chi connectivity index (χ2v) is 4.95. The standard InChI is InChI=1S/C13H17N5O/c1-18-16-12(15-17-18)8-13(9-14)6-7-19-11-5-3-2-4-10(11)13/h2-5H,6-9,14H2,1H3. The number of hydrogen-bond acceptors (Lipinski definition) is 5. The maximum Gasteiger partial charge on any atom is 0.175 e. The second kappa shape index (κ2) is 4.62. The van der Waals surface area contributed by atoms with E-state index in [1.165, 1.54) is 4.80 Å². The van der Waals surface area contributed by atoms with Gasteiger partial charge in [0.25, 0.3) is 0 Å². The molecule has 19 heavy (non-hydrogen) atoms. The van der Waals surface area contributed by atoms with Gasteiger partial charge in [-0.15, -0.1) is 10.2 Å².